The van der Waals surface area contributed by atoms with Gasteiger partial charge in [-0.1, -0.05) is 18.2 Å². The average molecular weight is 288 g/mol. The molecule has 2 amide bonds. The maximum absolute atomic E-state index is 12.9. The fraction of sp³-hybridized carbons (Fsp3) is 0.0667. The maximum atomic E-state index is 12.9. The Kier molecular flexibility index (Phi) is 4.50. The molecule has 0 saturated heterocycles. The van der Waals surface area contributed by atoms with Crippen molar-refractivity contribution in [2.75, 3.05) is 11.9 Å². The van der Waals surface area contributed by atoms with E-state index in [9.17, 15) is 14.0 Å². The van der Waals surface area contributed by atoms with Gasteiger partial charge in [-0.25, -0.2) is 4.39 Å². The molecule has 21 heavy (non-hydrogen) atoms. The number of nitrogens with one attached hydrogen (secondary N) is 1. The van der Waals surface area contributed by atoms with Gasteiger partial charge in [-0.15, -0.1) is 0 Å². The summed E-state index contributed by atoms with van der Waals surface area (Å²) in [5.41, 5.74) is 5.72. The molecular formula is C15H13FN2O3. The SMILES string of the molecule is NC(=O)c1ccccc1NC(=O)COc1cccc(F)c1. The second-order valence-corrected chi connectivity index (χ2v) is 4.20. The third kappa shape index (κ3) is 4.04. The molecule has 5 nitrogen and oxygen atoms in total. The van der Waals surface area contributed by atoms with Gasteiger partial charge < -0.3 is 15.8 Å². The monoisotopic (exact) mass is 288 g/mol. The minimum Gasteiger partial charge on any atom is -0.484 e. The van der Waals surface area contributed by atoms with E-state index in [1.807, 2.05) is 0 Å². The Labute approximate surface area is 120 Å². The molecule has 0 radical (unpaired) electrons. The fourth-order valence-corrected chi connectivity index (χ4v) is 1.70. The number of hydrogen-bond donors (Lipinski definition) is 2. The van der Waals surface area contributed by atoms with Crippen molar-refractivity contribution in [1.82, 2.24) is 0 Å². The van der Waals surface area contributed by atoms with Crippen LogP contribution in [0.1, 0.15) is 10.4 Å². The van der Waals surface area contributed by atoms with Gasteiger partial charge in [0.05, 0.1) is 11.3 Å². The average Bonchev–Trinajstić information content (AvgIpc) is 2.45. The van der Waals surface area contributed by atoms with Crippen LogP contribution in [0.2, 0.25) is 0 Å². The Morgan fingerprint density at radius 2 is 1.90 bits per heavy atom. The standard InChI is InChI=1S/C15H13FN2O3/c16-10-4-3-5-11(8-10)21-9-14(19)18-13-7-2-1-6-12(13)15(17)20/h1-8H,9H2,(H2,17,20)(H,18,19). The van der Waals surface area contributed by atoms with Gasteiger partial charge in [0.25, 0.3) is 11.8 Å². The van der Waals surface area contributed by atoms with Crippen molar-refractivity contribution in [2.45, 2.75) is 0 Å². The van der Waals surface area contributed by atoms with Crippen LogP contribution in [0.5, 0.6) is 5.75 Å². The lowest BCUT2D eigenvalue weighted by atomic mass is 10.1. The topological polar surface area (TPSA) is 81.4 Å². The van der Waals surface area contributed by atoms with Crippen molar-refractivity contribution >= 4 is 17.5 Å². The molecule has 0 heterocycles. The van der Waals surface area contributed by atoms with Crippen LogP contribution < -0.4 is 15.8 Å². The Bertz CT molecular complexity index is 673. The molecule has 0 saturated carbocycles. The number of carbonyl (C=O) groups is 2. The number of ether oxygens (including phenoxy) is 1. The number of primary amides is 1. The van der Waals surface area contributed by atoms with E-state index in [0.717, 1.165) is 0 Å². The van der Waals surface area contributed by atoms with Crippen molar-refractivity contribution in [2.24, 2.45) is 5.73 Å². The molecule has 0 aliphatic heterocycles. The molecule has 0 fully saturated rings. The lowest BCUT2D eigenvalue weighted by Gasteiger charge is -2.09. The zero-order valence-corrected chi connectivity index (χ0v) is 11.0. The molecule has 0 spiro atoms. The van der Waals surface area contributed by atoms with Crippen LogP contribution in [0.4, 0.5) is 10.1 Å². The molecule has 108 valence electrons. The van der Waals surface area contributed by atoms with Crippen molar-refractivity contribution in [3.63, 3.8) is 0 Å². The van der Waals surface area contributed by atoms with E-state index in [-0.39, 0.29) is 17.9 Å². The number of anilines is 1. The number of nitrogens with two attached hydrogens (primary N) is 1. The van der Waals surface area contributed by atoms with Crippen LogP contribution in [0.15, 0.2) is 48.5 Å². The largest absolute Gasteiger partial charge is 0.484 e. The fourth-order valence-electron chi connectivity index (χ4n) is 1.70. The molecule has 6 heteroatoms. The lowest BCUT2D eigenvalue weighted by molar-refractivity contribution is -0.118. The zero-order chi connectivity index (χ0) is 15.2. The first-order valence-corrected chi connectivity index (χ1v) is 6.13. The summed E-state index contributed by atoms with van der Waals surface area (Å²) >= 11 is 0. The highest BCUT2D eigenvalue weighted by molar-refractivity contribution is 6.03. The van der Waals surface area contributed by atoms with E-state index in [2.05, 4.69) is 5.32 Å². The van der Waals surface area contributed by atoms with E-state index in [0.29, 0.717) is 5.69 Å². The Balaban J connectivity index is 1.98. The van der Waals surface area contributed by atoms with Crippen molar-refractivity contribution in [3.8, 4) is 5.75 Å². The summed E-state index contributed by atoms with van der Waals surface area (Å²) in [6.07, 6.45) is 0. The number of rotatable bonds is 5. The quantitative estimate of drug-likeness (QED) is 0.882. The molecule has 2 rings (SSSR count). The summed E-state index contributed by atoms with van der Waals surface area (Å²) in [5.74, 6) is -1.33. The van der Waals surface area contributed by atoms with E-state index in [1.54, 1.807) is 18.2 Å². The van der Waals surface area contributed by atoms with Gasteiger partial charge in [0.2, 0.25) is 0 Å². The van der Waals surface area contributed by atoms with Crippen LogP contribution >= 0.6 is 0 Å². The van der Waals surface area contributed by atoms with E-state index in [1.165, 1.54) is 30.3 Å². The van der Waals surface area contributed by atoms with Gasteiger partial charge in [-0.05, 0) is 24.3 Å². The molecule has 0 bridgehead atoms. The highest BCUT2D eigenvalue weighted by Crippen LogP contribution is 2.15. The molecule has 0 atom stereocenters. The normalized spacial score (nSPS) is 9.95. The van der Waals surface area contributed by atoms with Crippen molar-refractivity contribution in [3.05, 3.63) is 59.9 Å². The van der Waals surface area contributed by atoms with E-state index < -0.39 is 17.6 Å². The van der Waals surface area contributed by atoms with Gasteiger partial charge in [0.15, 0.2) is 6.61 Å². The smallest absolute Gasteiger partial charge is 0.262 e. The Hall–Kier alpha value is -2.89. The summed E-state index contributed by atoms with van der Waals surface area (Å²) in [4.78, 5) is 23.0. The molecule has 2 aromatic carbocycles. The molecule has 3 N–H and O–H groups in total. The highest BCUT2D eigenvalue weighted by Gasteiger charge is 2.10. The lowest BCUT2D eigenvalue weighted by Crippen LogP contribution is -2.22. The zero-order valence-electron chi connectivity index (χ0n) is 11.0. The van der Waals surface area contributed by atoms with Gasteiger partial charge in [0, 0.05) is 6.07 Å². The number of halogens is 1. The minimum absolute atomic E-state index is 0.205. The summed E-state index contributed by atoms with van der Waals surface area (Å²) in [6, 6.07) is 11.8. The Morgan fingerprint density at radius 1 is 1.14 bits per heavy atom. The molecule has 0 aliphatic carbocycles. The summed E-state index contributed by atoms with van der Waals surface area (Å²) in [5, 5.41) is 2.52. The van der Waals surface area contributed by atoms with Gasteiger partial charge in [-0.2, -0.15) is 0 Å². The van der Waals surface area contributed by atoms with E-state index >= 15 is 0 Å². The summed E-state index contributed by atoms with van der Waals surface area (Å²) < 4.78 is 18.1. The van der Waals surface area contributed by atoms with Crippen molar-refractivity contribution < 1.29 is 18.7 Å². The number of carbonyl (C=O) groups excluding carboxylic acids is 2. The first kappa shape index (κ1) is 14.5. The summed E-state index contributed by atoms with van der Waals surface area (Å²) in [7, 11) is 0. The third-order valence-corrected chi connectivity index (χ3v) is 2.63. The second-order valence-electron chi connectivity index (χ2n) is 4.20. The number of hydrogen-bond acceptors (Lipinski definition) is 3. The molecular weight excluding hydrogens is 275 g/mol. The molecule has 2 aromatic rings. The minimum atomic E-state index is -0.642. The van der Waals surface area contributed by atoms with Crippen LogP contribution in [-0.2, 0) is 4.79 Å². The second kappa shape index (κ2) is 6.51. The first-order chi connectivity index (χ1) is 10.1. The van der Waals surface area contributed by atoms with Gasteiger partial charge in [-0.3, -0.25) is 9.59 Å². The van der Waals surface area contributed by atoms with Gasteiger partial charge >= 0.3 is 0 Å². The van der Waals surface area contributed by atoms with E-state index in [4.69, 9.17) is 10.5 Å². The van der Waals surface area contributed by atoms with Gasteiger partial charge in [0.1, 0.15) is 11.6 Å². The highest BCUT2D eigenvalue weighted by atomic mass is 19.1. The van der Waals surface area contributed by atoms with Crippen LogP contribution in [-0.4, -0.2) is 18.4 Å². The molecule has 0 aliphatic rings. The molecule has 0 unspecified atom stereocenters. The number of benzene rings is 2. The first-order valence-electron chi connectivity index (χ1n) is 6.13. The number of amides is 2. The predicted molar refractivity (Wildman–Crippen MR) is 75.5 cm³/mol. The summed E-state index contributed by atoms with van der Waals surface area (Å²) in [6.45, 7) is -0.309. The molecule has 0 aromatic heterocycles. The predicted octanol–water partition coefficient (Wildman–Crippen LogP) is 1.94. The Morgan fingerprint density at radius 3 is 2.62 bits per heavy atom. The maximum Gasteiger partial charge on any atom is 0.262 e. The van der Waals surface area contributed by atoms with Crippen LogP contribution in [0.3, 0.4) is 0 Å². The van der Waals surface area contributed by atoms with Crippen LogP contribution in [0, 0.1) is 5.82 Å². The third-order valence-electron chi connectivity index (χ3n) is 2.63. The number of para-hydroxylation sites is 1. The van der Waals surface area contributed by atoms with Crippen molar-refractivity contribution in [1.29, 1.82) is 0 Å². The van der Waals surface area contributed by atoms with Crippen LogP contribution in [0.25, 0.3) is 0 Å².